The van der Waals surface area contributed by atoms with E-state index in [1.165, 1.54) is 24.8 Å². The standard InChI is InChI=1S/C20H28N2O3/c1-4-9-20(10-6-11-20)14-7-8-15(17(12-14)22-3)18(21)16(13-23)19(24)25-5-2/h7-8,12-13,21-23H,4-6,9-11H2,1-3H3/b16-13-,21-18?. The zero-order valence-electron chi connectivity index (χ0n) is 15.3. The number of nitrogens with one attached hydrogen (secondary N) is 2. The molecule has 5 heteroatoms. The lowest BCUT2D eigenvalue weighted by molar-refractivity contribution is -0.137. The lowest BCUT2D eigenvalue weighted by Crippen LogP contribution is -2.34. The molecule has 0 bridgehead atoms. The molecule has 0 spiro atoms. The number of aliphatic hydroxyl groups excluding tert-OH is 1. The molecule has 0 atom stereocenters. The maximum Gasteiger partial charge on any atom is 0.343 e. The molecule has 25 heavy (non-hydrogen) atoms. The number of rotatable bonds is 8. The molecule has 1 aromatic rings. The van der Waals surface area contributed by atoms with Crippen LogP contribution in [0.4, 0.5) is 5.69 Å². The van der Waals surface area contributed by atoms with E-state index in [9.17, 15) is 9.90 Å². The van der Waals surface area contributed by atoms with Gasteiger partial charge in [0.2, 0.25) is 0 Å². The minimum Gasteiger partial charge on any atom is -0.515 e. The van der Waals surface area contributed by atoms with Crippen LogP contribution in [0.15, 0.2) is 30.0 Å². The maximum absolute atomic E-state index is 11.9. The number of carbonyl (C=O) groups is 1. The molecule has 5 nitrogen and oxygen atoms in total. The first-order valence-electron chi connectivity index (χ1n) is 8.96. The third-order valence-corrected chi connectivity index (χ3v) is 5.10. The second kappa shape index (κ2) is 8.19. The molecule has 0 heterocycles. The third kappa shape index (κ3) is 3.70. The Kier molecular flexibility index (Phi) is 6.23. The van der Waals surface area contributed by atoms with Gasteiger partial charge in [-0.15, -0.1) is 0 Å². The Morgan fingerprint density at radius 2 is 2.12 bits per heavy atom. The predicted octanol–water partition coefficient (Wildman–Crippen LogP) is 4.32. The van der Waals surface area contributed by atoms with Crippen LogP contribution in [0.3, 0.4) is 0 Å². The first-order chi connectivity index (χ1) is 12.0. The van der Waals surface area contributed by atoms with Crippen molar-refractivity contribution in [2.45, 2.75) is 51.4 Å². The highest BCUT2D eigenvalue weighted by atomic mass is 16.5. The second-order valence-corrected chi connectivity index (χ2v) is 6.53. The number of ether oxygens (including phenoxy) is 1. The molecule has 0 radical (unpaired) electrons. The Balaban J connectivity index is 2.36. The fourth-order valence-electron chi connectivity index (χ4n) is 3.64. The molecule has 1 aliphatic carbocycles. The Morgan fingerprint density at radius 3 is 2.60 bits per heavy atom. The van der Waals surface area contributed by atoms with Gasteiger partial charge in [-0.3, -0.25) is 5.41 Å². The van der Waals surface area contributed by atoms with E-state index in [0.717, 1.165) is 18.5 Å². The molecule has 3 N–H and O–H groups in total. The van der Waals surface area contributed by atoms with Crippen molar-refractivity contribution in [3.8, 4) is 0 Å². The summed E-state index contributed by atoms with van der Waals surface area (Å²) in [6, 6.07) is 6.00. The van der Waals surface area contributed by atoms with Crippen LogP contribution < -0.4 is 5.32 Å². The molecule has 0 aliphatic heterocycles. The van der Waals surface area contributed by atoms with E-state index in [1.807, 2.05) is 6.07 Å². The van der Waals surface area contributed by atoms with E-state index in [1.54, 1.807) is 14.0 Å². The van der Waals surface area contributed by atoms with Crippen molar-refractivity contribution < 1.29 is 14.6 Å². The normalized spacial score (nSPS) is 16.0. The minimum absolute atomic E-state index is 0.0463. The van der Waals surface area contributed by atoms with Crippen LogP contribution in [0, 0.1) is 5.41 Å². The molecule has 0 aromatic heterocycles. The average Bonchev–Trinajstić information content (AvgIpc) is 2.58. The summed E-state index contributed by atoms with van der Waals surface area (Å²) in [4.78, 5) is 11.9. The van der Waals surface area contributed by atoms with E-state index >= 15 is 0 Å². The third-order valence-electron chi connectivity index (χ3n) is 5.10. The van der Waals surface area contributed by atoms with Gasteiger partial charge in [0.1, 0.15) is 5.57 Å². The summed E-state index contributed by atoms with van der Waals surface area (Å²) < 4.78 is 4.92. The zero-order valence-corrected chi connectivity index (χ0v) is 15.3. The SMILES string of the molecule is CCCC1(c2ccc(C(=N)/C(=C/O)C(=O)OCC)c(NC)c2)CCC1. The van der Waals surface area contributed by atoms with Gasteiger partial charge in [-0.2, -0.15) is 0 Å². The largest absolute Gasteiger partial charge is 0.515 e. The molecular weight excluding hydrogens is 316 g/mol. The van der Waals surface area contributed by atoms with Crippen LogP contribution in [-0.4, -0.2) is 30.4 Å². The van der Waals surface area contributed by atoms with E-state index in [0.29, 0.717) is 11.8 Å². The molecule has 1 saturated carbocycles. The van der Waals surface area contributed by atoms with Gasteiger partial charge in [0.15, 0.2) is 0 Å². The Labute approximate surface area is 149 Å². The van der Waals surface area contributed by atoms with Crippen molar-refractivity contribution in [3.63, 3.8) is 0 Å². The van der Waals surface area contributed by atoms with Crippen molar-refractivity contribution in [2.75, 3.05) is 19.0 Å². The minimum atomic E-state index is -0.692. The Hall–Kier alpha value is -2.30. The molecule has 0 unspecified atom stereocenters. The number of anilines is 1. The molecule has 2 rings (SSSR count). The van der Waals surface area contributed by atoms with Gasteiger partial charge in [-0.05, 0) is 43.2 Å². The lowest BCUT2D eigenvalue weighted by Gasteiger charge is -2.43. The van der Waals surface area contributed by atoms with Crippen molar-refractivity contribution in [1.29, 1.82) is 5.41 Å². The van der Waals surface area contributed by atoms with Gasteiger partial charge in [0.25, 0.3) is 0 Å². The fraction of sp³-hybridized carbons (Fsp3) is 0.500. The summed E-state index contributed by atoms with van der Waals surface area (Å²) in [5.74, 6) is -0.692. The molecule has 0 saturated heterocycles. The number of carbonyl (C=O) groups excluding carboxylic acids is 1. The number of hydrogen-bond acceptors (Lipinski definition) is 5. The zero-order chi connectivity index (χ0) is 18.4. The summed E-state index contributed by atoms with van der Waals surface area (Å²) >= 11 is 0. The van der Waals surface area contributed by atoms with E-state index in [-0.39, 0.29) is 23.3 Å². The van der Waals surface area contributed by atoms with Gasteiger partial charge in [0, 0.05) is 18.3 Å². The highest BCUT2D eigenvalue weighted by molar-refractivity contribution is 6.26. The predicted molar refractivity (Wildman–Crippen MR) is 101 cm³/mol. The number of aliphatic hydroxyl groups is 1. The van der Waals surface area contributed by atoms with Gasteiger partial charge < -0.3 is 15.2 Å². The highest BCUT2D eigenvalue weighted by Crippen LogP contribution is 2.48. The van der Waals surface area contributed by atoms with E-state index in [4.69, 9.17) is 10.1 Å². The molecule has 1 aromatic carbocycles. The molecular formula is C20H28N2O3. The van der Waals surface area contributed by atoms with Crippen LogP contribution in [0.25, 0.3) is 0 Å². The van der Waals surface area contributed by atoms with Gasteiger partial charge in [0.05, 0.1) is 18.6 Å². The summed E-state index contributed by atoms with van der Waals surface area (Å²) in [7, 11) is 1.80. The van der Waals surface area contributed by atoms with E-state index in [2.05, 4.69) is 24.4 Å². The van der Waals surface area contributed by atoms with Crippen LogP contribution in [0.2, 0.25) is 0 Å². The average molecular weight is 344 g/mol. The van der Waals surface area contributed by atoms with Crippen molar-refractivity contribution in [3.05, 3.63) is 41.2 Å². The van der Waals surface area contributed by atoms with Crippen LogP contribution in [-0.2, 0) is 14.9 Å². The molecule has 136 valence electrons. The number of esters is 1. The topological polar surface area (TPSA) is 82.4 Å². The first-order valence-corrected chi connectivity index (χ1v) is 8.96. The summed E-state index contributed by atoms with van der Waals surface area (Å²) in [5, 5.41) is 20.9. The number of benzene rings is 1. The van der Waals surface area contributed by atoms with Crippen molar-refractivity contribution >= 4 is 17.4 Å². The second-order valence-electron chi connectivity index (χ2n) is 6.53. The Morgan fingerprint density at radius 1 is 1.40 bits per heavy atom. The number of hydrogen-bond donors (Lipinski definition) is 3. The smallest absolute Gasteiger partial charge is 0.343 e. The van der Waals surface area contributed by atoms with Crippen molar-refractivity contribution in [1.82, 2.24) is 0 Å². The Bertz CT molecular complexity index is 676. The molecule has 1 aliphatic rings. The summed E-state index contributed by atoms with van der Waals surface area (Å²) in [6.45, 7) is 4.09. The fourth-order valence-corrected chi connectivity index (χ4v) is 3.64. The van der Waals surface area contributed by atoms with Gasteiger partial charge in [-0.1, -0.05) is 31.9 Å². The first kappa shape index (κ1) is 19.0. The lowest BCUT2D eigenvalue weighted by atomic mass is 9.62. The summed E-state index contributed by atoms with van der Waals surface area (Å²) in [6.07, 6.45) is 6.62. The van der Waals surface area contributed by atoms with Crippen LogP contribution >= 0.6 is 0 Å². The van der Waals surface area contributed by atoms with E-state index < -0.39 is 5.97 Å². The molecule has 0 amide bonds. The quantitative estimate of drug-likeness (QED) is 0.284. The van der Waals surface area contributed by atoms with Gasteiger partial charge in [-0.25, -0.2) is 4.79 Å². The van der Waals surface area contributed by atoms with Gasteiger partial charge >= 0.3 is 5.97 Å². The maximum atomic E-state index is 11.9. The summed E-state index contributed by atoms with van der Waals surface area (Å²) in [5.41, 5.74) is 2.71. The highest BCUT2D eigenvalue weighted by Gasteiger charge is 2.38. The molecule has 1 fully saturated rings. The van der Waals surface area contributed by atoms with Crippen LogP contribution in [0.5, 0.6) is 0 Å². The monoisotopic (exact) mass is 344 g/mol. The van der Waals surface area contributed by atoms with Crippen molar-refractivity contribution in [2.24, 2.45) is 0 Å². The van der Waals surface area contributed by atoms with Crippen LogP contribution in [0.1, 0.15) is 57.1 Å².